The minimum Gasteiger partial charge on any atom is -0.496 e. The van der Waals surface area contributed by atoms with Crippen molar-refractivity contribution >= 4 is 32.5 Å². The Bertz CT molecular complexity index is 582. The third kappa shape index (κ3) is 2.43. The quantitative estimate of drug-likeness (QED) is 0.938. The average molecular weight is 309 g/mol. The highest BCUT2D eigenvalue weighted by Crippen LogP contribution is 2.35. The van der Waals surface area contributed by atoms with Crippen LogP contribution in [0.2, 0.25) is 0 Å². The number of nitrogens with two attached hydrogens (primary N) is 1. The Hall–Kier alpha value is -1.29. The van der Waals surface area contributed by atoms with Crippen LogP contribution in [0.15, 0.2) is 22.7 Å². The molecule has 0 atom stereocenters. The van der Waals surface area contributed by atoms with Crippen molar-refractivity contribution in [1.29, 1.82) is 0 Å². The molecule has 0 bridgehead atoms. The molecule has 1 aromatic heterocycles. The van der Waals surface area contributed by atoms with Crippen molar-refractivity contribution in [2.45, 2.75) is 20.3 Å². The molecule has 0 fully saturated rings. The van der Waals surface area contributed by atoms with Crippen LogP contribution in [0.25, 0.3) is 10.9 Å². The van der Waals surface area contributed by atoms with E-state index >= 15 is 0 Å². The number of benzene rings is 1. The van der Waals surface area contributed by atoms with Gasteiger partial charge in [0.25, 0.3) is 0 Å². The molecule has 3 nitrogen and oxygen atoms in total. The fraction of sp³-hybridized carbons (Fsp3) is 0.357. The second kappa shape index (κ2) is 5.14. The Morgan fingerprint density at radius 2 is 2.11 bits per heavy atom. The van der Waals surface area contributed by atoms with Gasteiger partial charge in [-0.1, -0.05) is 13.8 Å². The molecule has 0 aliphatic carbocycles. The van der Waals surface area contributed by atoms with Crippen LogP contribution < -0.4 is 10.5 Å². The second-order valence-corrected chi connectivity index (χ2v) is 5.63. The molecule has 96 valence electrons. The number of anilines is 1. The van der Waals surface area contributed by atoms with Gasteiger partial charge in [-0.3, -0.25) is 4.98 Å². The van der Waals surface area contributed by atoms with Crippen LogP contribution in [0, 0.1) is 5.92 Å². The van der Waals surface area contributed by atoms with E-state index in [1.807, 2.05) is 18.2 Å². The number of rotatable bonds is 3. The van der Waals surface area contributed by atoms with Gasteiger partial charge in [0.15, 0.2) is 0 Å². The summed E-state index contributed by atoms with van der Waals surface area (Å²) in [5.74, 6) is 1.31. The number of ether oxygens (including phenoxy) is 1. The summed E-state index contributed by atoms with van der Waals surface area (Å²) in [6.45, 7) is 4.34. The van der Waals surface area contributed by atoms with Gasteiger partial charge in [0, 0.05) is 15.9 Å². The highest BCUT2D eigenvalue weighted by atomic mass is 79.9. The first-order valence-corrected chi connectivity index (χ1v) is 6.73. The van der Waals surface area contributed by atoms with Crippen LogP contribution in [0.5, 0.6) is 5.75 Å². The molecule has 0 spiro atoms. The summed E-state index contributed by atoms with van der Waals surface area (Å²) >= 11 is 3.52. The van der Waals surface area contributed by atoms with Gasteiger partial charge >= 0.3 is 0 Å². The summed E-state index contributed by atoms with van der Waals surface area (Å²) in [6, 6.07) is 5.77. The smallest absolute Gasteiger partial charge is 0.130 e. The molecule has 0 saturated carbocycles. The molecule has 18 heavy (non-hydrogen) atoms. The minimum absolute atomic E-state index is 0.554. The number of halogens is 1. The van der Waals surface area contributed by atoms with Gasteiger partial charge in [0.2, 0.25) is 0 Å². The van der Waals surface area contributed by atoms with E-state index in [-0.39, 0.29) is 0 Å². The van der Waals surface area contributed by atoms with Gasteiger partial charge in [-0.05, 0) is 46.5 Å². The summed E-state index contributed by atoms with van der Waals surface area (Å²) in [6.07, 6.45) is 0.920. The normalized spacial score (nSPS) is 11.2. The Morgan fingerprint density at radius 3 is 2.72 bits per heavy atom. The Balaban J connectivity index is 2.68. The van der Waals surface area contributed by atoms with E-state index in [0.29, 0.717) is 11.6 Å². The summed E-state index contributed by atoms with van der Waals surface area (Å²) in [5, 5.41) is 0.874. The number of pyridine rings is 1. The molecule has 0 aliphatic heterocycles. The topological polar surface area (TPSA) is 48.1 Å². The summed E-state index contributed by atoms with van der Waals surface area (Å²) in [5.41, 5.74) is 8.74. The molecule has 4 heteroatoms. The second-order valence-electron chi connectivity index (χ2n) is 4.77. The monoisotopic (exact) mass is 308 g/mol. The van der Waals surface area contributed by atoms with Crippen LogP contribution >= 0.6 is 15.9 Å². The lowest BCUT2D eigenvalue weighted by molar-refractivity contribution is 0.420. The maximum absolute atomic E-state index is 6.14. The van der Waals surface area contributed by atoms with Crippen molar-refractivity contribution in [3.8, 4) is 5.75 Å². The molecule has 1 heterocycles. The van der Waals surface area contributed by atoms with Crippen LogP contribution in [-0.2, 0) is 6.42 Å². The lowest BCUT2D eigenvalue weighted by Crippen LogP contribution is -2.01. The first kappa shape index (κ1) is 13.1. The summed E-state index contributed by atoms with van der Waals surface area (Å²) < 4.78 is 6.28. The predicted octanol–water partition coefficient (Wildman–Crippen LogP) is 3.79. The van der Waals surface area contributed by atoms with Crippen LogP contribution in [0.3, 0.4) is 0 Å². The van der Waals surface area contributed by atoms with Crippen LogP contribution in [-0.4, -0.2) is 12.1 Å². The largest absolute Gasteiger partial charge is 0.496 e. The maximum Gasteiger partial charge on any atom is 0.130 e. The predicted molar refractivity (Wildman–Crippen MR) is 78.9 cm³/mol. The van der Waals surface area contributed by atoms with Crippen molar-refractivity contribution < 1.29 is 4.74 Å². The van der Waals surface area contributed by atoms with E-state index in [9.17, 15) is 0 Å². The zero-order chi connectivity index (χ0) is 13.3. The van der Waals surface area contributed by atoms with Gasteiger partial charge in [0.1, 0.15) is 5.75 Å². The summed E-state index contributed by atoms with van der Waals surface area (Å²) in [4.78, 5) is 4.68. The van der Waals surface area contributed by atoms with E-state index in [0.717, 1.165) is 33.2 Å². The molecule has 1 aromatic carbocycles. The van der Waals surface area contributed by atoms with Crippen molar-refractivity contribution in [1.82, 2.24) is 4.98 Å². The number of hydrogen-bond donors (Lipinski definition) is 1. The SMILES string of the molecule is COc1ccc(Br)c2nc(CC(C)C)cc(N)c12. The van der Waals surface area contributed by atoms with E-state index in [4.69, 9.17) is 10.5 Å². The number of aromatic nitrogens is 1. The summed E-state index contributed by atoms with van der Waals surface area (Å²) in [7, 11) is 1.64. The average Bonchev–Trinajstić information content (AvgIpc) is 2.29. The highest BCUT2D eigenvalue weighted by Gasteiger charge is 2.12. The Morgan fingerprint density at radius 1 is 1.39 bits per heavy atom. The van der Waals surface area contributed by atoms with E-state index < -0.39 is 0 Å². The van der Waals surface area contributed by atoms with Gasteiger partial charge in [-0.25, -0.2) is 0 Å². The van der Waals surface area contributed by atoms with E-state index in [2.05, 4.69) is 34.8 Å². The first-order chi connectivity index (χ1) is 8.52. The Labute approximate surface area is 115 Å². The fourth-order valence-electron chi connectivity index (χ4n) is 2.06. The Kier molecular flexibility index (Phi) is 3.76. The lowest BCUT2D eigenvalue weighted by Gasteiger charge is -2.12. The third-order valence-electron chi connectivity index (χ3n) is 2.79. The van der Waals surface area contributed by atoms with Crippen molar-refractivity contribution in [2.75, 3.05) is 12.8 Å². The minimum atomic E-state index is 0.554. The molecule has 2 aromatic rings. The number of methoxy groups -OCH3 is 1. The first-order valence-electron chi connectivity index (χ1n) is 5.94. The molecule has 0 unspecified atom stereocenters. The number of hydrogen-bond acceptors (Lipinski definition) is 3. The molecule has 0 saturated heterocycles. The molecule has 0 amide bonds. The molecule has 2 N–H and O–H groups in total. The highest BCUT2D eigenvalue weighted by molar-refractivity contribution is 9.10. The van der Waals surface area contributed by atoms with Crippen molar-refractivity contribution in [3.63, 3.8) is 0 Å². The molecular formula is C14H17BrN2O. The zero-order valence-electron chi connectivity index (χ0n) is 10.8. The number of nitrogen functional groups attached to an aromatic ring is 1. The molecular weight excluding hydrogens is 292 g/mol. The maximum atomic E-state index is 6.14. The van der Waals surface area contributed by atoms with Gasteiger partial charge in [-0.15, -0.1) is 0 Å². The fourth-order valence-corrected chi connectivity index (χ4v) is 2.48. The van der Waals surface area contributed by atoms with Crippen LogP contribution in [0.4, 0.5) is 5.69 Å². The molecule has 0 aliphatic rings. The third-order valence-corrected chi connectivity index (χ3v) is 3.43. The van der Waals surface area contributed by atoms with Gasteiger partial charge in [0.05, 0.1) is 18.0 Å². The molecule has 0 radical (unpaired) electrons. The zero-order valence-corrected chi connectivity index (χ0v) is 12.4. The van der Waals surface area contributed by atoms with Crippen LogP contribution in [0.1, 0.15) is 19.5 Å². The van der Waals surface area contributed by atoms with E-state index in [1.165, 1.54) is 0 Å². The van der Waals surface area contributed by atoms with Gasteiger partial charge in [-0.2, -0.15) is 0 Å². The molecule has 2 rings (SSSR count). The number of fused-ring (bicyclic) bond motifs is 1. The van der Waals surface area contributed by atoms with E-state index in [1.54, 1.807) is 7.11 Å². The number of nitrogens with zero attached hydrogens (tertiary/aromatic N) is 1. The van der Waals surface area contributed by atoms with Gasteiger partial charge < -0.3 is 10.5 Å². The standard InChI is InChI=1S/C14H17BrN2O/c1-8(2)6-9-7-11(16)13-12(18-3)5-4-10(15)14(13)17-9/h4-5,7-8H,6H2,1-3H3,(H2,16,17). The lowest BCUT2D eigenvalue weighted by atomic mass is 10.1. The van der Waals surface area contributed by atoms with Crippen molar-refractivity contribution in [2.24, 2.45) is 5.92 Å². The van der Waals surface area contributed by atoms with Crippen molar-refractivity contribution in [3.05, 3.63) is 28.4 Å².